The van der Waals surface area contributed by atoms with Gasteiger partial charge in [0, 0.05) is 17.3 Å². The maximum absolute atomic E-state index is 11.9. The van der Waals surface area contributed by atoms with Crippen LogP contribution in [-0.4, -0.2) is 17.4 Å². The van der Waals surface area contributed by atoms with E-state index in [1.54, 1.807) is 11.3 Å². The van der Waals surface area contributed by atoms with Crippen LogP contribution in [0, 0.1) is 5.92 Å². The lowest BCUT2D eigenvalue weighted by atomic mass is 9.75. The van der Waals surface area contributed by atoms with Gasteiger partial charge in [-0.1, -0.05) is 25.8 Å². The molecule has 102 valence electrons. The number of hydrogen-bond acceptors (Lipinski definition) is 2. The molecule has 2 heterocycles. The van der Waals surface area contributed by atoms with Gasteiger partial charge in [-0.05, 0) is 41.8 Å². The lowest BCUT2D eigenvalue weighted by Crippen LogP contribution is -2.39. The van der Waals surface area contributed by atoms with Gasteiger partial charge in [0.2, 0.25) is 5.91 Å². The summed E-state index contributed by atoms with van der Waals surface area (Å²) in [6, 6.07) is 2.29. The first kappa shape index (κ1) is 12.9. The number of fused-ring (bicyclic) bond motifs is 1. The molecule has 1 aromatic rings. The molecule has 0 bridgehead atoms. The largest absolute Gasteiger partial charge is 0.333 e. The third kappa shape index (κ3) is 2.48. The molecule has 3 heteroatoms. The zero-order chi connectivity index (χ0) is 13.2. The van der Waals surface area contributed by atoms with Crippen LogP contribution in [-0.2, 0) is 11.3 Å². The van der Waals surface area contributed by atoms with Gasteiger partial charge in [-0.15, -0.1) is 11.3 Å². The van der Waals surface area contributed by atoms with Gasteiger partial charge in [0.05, 0.1) is 6.54 Å². The number of hydrogen-bond donors (Lipinski definition) is 0. The zero-order valence-electron chi connectivity index (χ0n) is 11.3. The van der Waals surface area contributed by atoms with E-state index in [-0.39, 0.29) is 5.91 Å². The van der Waals surface area contributed by atoms with Crippen molar-refractivity contribution in [2.45, 2.75) is 44.6 Å². The summed E-state index contributed by atoms with van der Waals surface area (Å²) in [5.74, 6) is 1.40. The van der Waals surface area contributed by atoms with Crippen molar-refractivity contribution in [3.05, 3.63) is 34.5 Å². The van der Waals surface area contributed by atoms with Gasteiger partial charge in [0.15, 0.2) is 0 Å². The van der Waals surface area contributed by atoms with Crippen molar-refractivity contribution in [3.63, 3.8) is 0 Å². The first-order valence-corrected chi connectivity index (χ1v) is 8.15. The number of amides is 1. The lowest BCUT2D eigenvalue weighted by Gasteiger charge is -2.38. The molecular formula is C16H21NOS. The molecule has 0 aromatic carbocycles. The van der Waals surface area contributed by atoms with Crippen molar-refractivity contribution in [3.8, 4) is 0 Å². The second-order valence-corrected chi connectivity index (χ2v) is 6.73. The Morgan fingerprint density at radius 1 is 1.37 bits per heavy atom. The normalized spacial score (nSPS) is 24.0. The second kappa shape index (κ2) is 5.49. The van der Waals surface area contributed by atoms with Crippen LogP contribution in [0.25, 0.3) is 0 Å². The minimum Gasteiger partial charge on any atom is -0.333 e. The Hall–Kier alpha value is -1.09. The van der Waals surface area contributed by atoms with Crippen LogP contribution < -0.4 is 0 Å². The molecule has 1 amide bonds. The number of thiophene rings is 1. The highest BCUT2D eigenvalue weighted by atomic mass is 32.1. The summed E-state index contributed by atoms with van der Waals surface area (Å²) >= 11 is 1.80. The molecule has 1 fully saturated rings. The van der Waals surface area contributed by atoms with Crippen LogP contribution in [0.15, 0.2) is 24.1 Å². The van der Waals surface area contributed by atoms with E-state index in [1.165, 1.54) is 48.6 Å². The van der Waals surface area contributed by atoms with Crippen LogP contribution in [0.1, 0.15) is 48.5 Å². The molecule has 1 aromatic heterocycles. The van der Waals surface area contributed by atoms with Gasteiger partial charge in [-0.25, -0.2) is 0 Å². The van der Waals surface area contributed by atoms with Crippen LogP contribution >= 0.6 is 11.3 Å². The predicted octanol–water partition coefficient (Wildman–Crippen LogP) is 3.94. The van der Waals surface area contributed by atoms with Crippen LogP contribution in [0.5, 0.6) is 0 Å². The van der Waals surface area contributed by atoms with E-state index in [0.29, 0.717) is 5.92 Å². The molecule has 2 nitrogen and oxygen atoms in total. The van der Waals surface area contributed by atoms with E-state index in [9.17, 15) is 4.79 Å². The van der Waals surface area contributed by atoms with E-state index in [2.05, 4.69) is 18.0 Å². The Kier molecular flexibility index (Phi) is 3.74. The smallest absolute Gasteiger partial charge is 0.246 e. The fourth-order valence-corrected chi connectivity index (χ4v) is 4.58. The Bertz CT molecular complexity index is 473. The number of carbonyl (C=O) groups excluding carboxylic acids is 1. The molecule has 3 rings (SSSR count). The van der Waals surface area contributed by atoms with Crippen molar-refractivity contribution in [1.82, 2.24) is 4.90 Å². The highest BCUT2D eigenvalue weighted by molar-refractivity contribution is 7.10. The molecule has 1 saturated carbocycles. The maximum Gasteiger partial charge on any atom is 0.246 e. The van der Waals surface area contributed by atoms with E-state index in [4.69, 9.17) is 0 Å². The summed E-state index contributed by atoms with van der Waals surface area (Å²) in [4.78, 5) is 15.3. The van der Waals surface area contributed by atoms with Crippen molar-refractivity contribution >= 4 is 17.2 Å². The first-order chi connectivity index (χ1) is 9.29. The monoisotopic (exact) mass is 275 g/mol. The van der Waals surface area contributed by atoms with Gasteiger partial charge >= 0.3 is 0 Å². The Balaban J connectivity index is 1.85. The van der Waals surface area contributed by atoms with Crippen molar-refractivity contribution < 1.29 is 4.79 Å². The third-order valence-corrected chi connectivity index (χ3v) is 5.56. The van der Waals surface area contributed by atoms with Crippen molar-refractivity contribution in [2.24, 2.45) is 5.92 Å². The summed E-state index contributed by atoms with van der Waals surface area (Å²) in [5.41, 5.74) is 1.52. The van der Waals surface area contributed by atoms with Crippen LogP contribution in [0.2, 0.25) is 0 Å². The topological polar surface area (TPSA) is 20.3 Å². The average Bonchev–Trinajstić information content (AvgIpc) is 2.94. The van der Waals surface area contributed by atoms with Gasteiger partial charge in [-0.3, -0.25) is 4.79 Å². The molecule has 19 heavy (non-hydrogen) atoms. The average molecular weight is 275 g/mol. The molecule has 1 aliphatic heterocycles. The standard InChI is InChI=1S/C16H21NOS/c1-2-16(18)17-10-14(12-6-4-3-5-7-12)13-8-9-19-15(13)11-17/h2,8-9,12,14H,1,3-7,10-11H2/t14-/m0/s1. The number of carbonyl (C=O) groups is 1. The Labute approximate surface area is 119 Å². The van der Waals surface area contributed by atoms with E-state index in [1.807, 2.05) is 4.90 Å². The molecule has 1 aliphatic carbocycles. The number of rotatable bonds is 2. The van der Waals surface area contributed by atoms with Gasteiger partial charge < -0.3 is 4.90 Å². The van der Waals surface area contributed by atoms with Gasteiger partial charge in [0.1, 0.15) is 0 Å². The molecule has 0 N–H and O–H groups in total. The maximum atomic E-state index is 11.9. The summed E-state index contributed by atoms with van der Waals surface area (Å²) in [6.07, 6.45) is 8.21. The summed E-state index contributed by atoms with van der Waals surface area (Å²) in [5, 5.41) is 2.18. The summed E-state index contributed by atoms with van der Waals surface area (Å²) in [6.45, 7) is 5.30. The third-order valence-electron chi connectivity index (χ3n) is 4.64. The van der Waals surface area contributed by atoms with Crippen molar-refractivity contribution in [1.29, 1.82) is 0 Å². The first-order valence-electron chi connectivity index (χ1n) is 7.27. The quantitative estimate of drug-likeness (QED) is 0.749. The minimum atomic E-state index is 0.0832. The van der Waals surface area contributed by atoms with Crippen LogP contribution in [0.3, 0.4) is 0 Å². The summed E-state index contributed by atoms with van der Waals surface area (Å²) in [7, 11) is 0. The van der Waals surface area contributed by atoms with E-state index >= 15 is 0 Å². The van der Waals surface area contributed by atoms with Crippen LogP contribution in [0.4, 0.5) is 0 Å². The Morgan fingerprint density at radius 3 is 2.89 bits per heavy atom. The SMILES string of the molecule is C=CC(=O)N1Cc2sccc2[C@H](C2CCCCC2)C1. The van der Waals surface area contributed by atoms with Gasteiger partial charge in [0.25, 0.3) is 0 Å². The van der Waals surface area contributed by atoms with Crippen molar-refractivity contribution in [2.75, 3.05) is 6.54 Å². The lowest BCUT2D eigenvalue weighted by molar-refractivity contribution is -0.127. The number of nitrogens with zero attached hydrogens (tertiary/aromatic N) is 1. The molecule has 0 spiro atoms. The van der Waals surface area contributed by atoms with Gasteiger partial charge in [-0.2, -0.15) is 0 Å². The molecule has 1 atom stereocenters. The van der Waals surface area contributed by atoms with E-state index in [0.717, 1.165) is 19.0 Å². The molecule has 0 saturated heterocycles. The second-order valence-electron chi connectivity index (χ2n) is 5.73. The fraction of sp³-hybridized carbons (Fsp3) is 0.562. The van der Waals surface area contributed by atoms with E-state index < -0.39 is 0 Å². The molecule has 0 unspecified atom stereocenters. The molecule has 0 radical (unpaired) electrons. The molecular weight excluding hydrogens is 254 g/mol. The highest BCUT2D eigenvalue weighted by Crippen LogP contribution is 2.42. The highest BCUT2D eigenvalue weighted by Gasteiger charge is 2.33. The summed E-state index contributed by atoms with van der Waals surface area (Å²) < 4.78 is 0. The Morgan fingerprint density at radius 2 is 2.16 bits per heavy atom. The fourth-order valence-electron chi connectivity index (χ4n) is 3.62. The zero-order valence-corrected chi connectivity index (χ0v) is 12.1. The predicted molar refractivity (Wildman–Crippen MR) is 79.2 cm³/mol. The minimum absolute atomic E-state index is 0.0832. The molecule has 2 aliphatic rings.